The molecule has 1 amide bonds. The SMILES string of the molecule is COc1ccc(CN2c3nc(C)nc(OC)c3CN3C(=O)C(Oc4cc(Cl)cc(C#N)c4F)=C(C(C)(F)F)NC32)cc1. The fourth-order valence-electron chi connectivity index (χ4n) is 4.75. The van der Waals surface area contributed by atoms with Crippen LogP contribution in [0.5, 0.6) is 17.4 Å². The number of carbonyl (C=O) groups excluding carboxylic acids is 1. The number of ether oxygens (including phenoxy) is 3. The summed E-state index contributed by atoms with van der Waals surface area (Å²) in [6.07, 6.45) is -1.15. The molecule has 14 heteroatoms. The second kappa shape index (κ2) is 10.9. The highest BCUT2D eigenvalue weighted by atomic mass is 35.5. The summed E-state index contributed by atoms with van der Waals surface area (Å²) in [4.78, 5) is 25.7. The van der Waals surface area contributed by atoms with Crippen molar-refractivity contribution in [2.75, 3.05) is 19.1 Å². The number of alkyl halides is 2. The van der Waals surface area contributed by atoms with Crippen LogP contribution in [0, 0.1) is 24.1 Å². The molecule has 2 aliphatic heterocycles. The normalized spacial score (nSPS) is 16.4. The fraction of sp³-hybridized carbons (Fsp3) is 0.286. The van der Waals surface area contributed by atoms with Gasteiger partial charge < -0.3 is 24.4 Å². The van der Waals surface area contributed by atoms with Crippen LogP contribution < -0.4 is 24.4 Å². The Kier molecular flexibility index (Phi) is 7.51. The van der Waals surface area contributed by atoms with E-state index in [9.17, 15) is 14.4 Å². The topological polar surface area (TPSA) is 113 Å². The summed E-state index contributed by atoms with van der Waals surface area (Å²) in [5, 5.41) is 11.9. The van der Waals surface area contributed by atoms with Crippen LogP contribution in [0.4, 0.5) is 19.0 Å². The van der Waals surface area contributed by atoms with Gasteiger partial charge in [0, 0.05) is 24.6 Å². The van der Waals surface area contributed by atoms with Crippen LogP contribution in [0.1, 0.15) is 29.4 Å². The molecule has 0 saturated carbocycles. The van der Waals surface area contributed by atoms with E-state index in [2.05, 4.69) is 15.3 Å². The van der Waals surface area contributed by atoms with E-state index in [1.54, 1.807) is 42.2 Å². The van der Waals surface area contributed by atoms with E-state index in [1.807, 2.05) is 0 Å². The van der Waals surface area contributed by atoms with Crippen molar-refractivity contribution in [3.8, 4) is 23.4 Å². The fourth-order valence-corrected chi connectivity index (χ4v) is 4.96. The number of amides is 1. The summed E-state index contributed by atoms with van der Waals surface area (Å²) in [6.45, 7) is 2.22. The van der Waals surface area contributed by atoms with Crippen LogP contribution in [0.2, 0.25) is 5.02 Å². The molecule has 2 aliphatic rings. The zero-order valence-corrected chi connectivity index (χ0v) is 23.6. The van der Waals surface area contributed by atoms with Crippen molar-refractivity contribution in [1.82, 2.24) is 20.2 Å². The Morgan fingerprint density at radius 2 is 1.90 bits per heavy atom. The van der Waals surface area contributed by atoms with E-state index >= 15 is 8.78 Å². The molecule has 3 aromatic rings. The first-order valence-electron chi connectivity index (χ1n) is 12.5. The molecule has 218 valence electrons. The van der Waals surface area contributed by atoms with Crippen molar-refractivity contribution in [3.05, 3.63) is 81.2 Å². The number of nitrogens with one attached hydrogen (secondary N) is 1. The molecule has 0 spiro atoms. The zero-order chi connectivity index (χ0) is 30.3. The molecule has 3 heterocycles. The van der Waals surface area contributed by atoms with Gasteiger partial charge in [-0.15, -0.1) is 0 Å². The number of benzene rings is 2. The second-order valence-corrected chi connectivity index (χ2v) is 10.0. The Hall–Kier alpha value is -4.70. The Morgan fingerprint density at radius 1 is 1.19 bits per heavy atom. The number of nitrogens with zero attached hydrogens (tertiary/aromatic N) is 5. The molecule has 1 atom stereocenters. The van der Waals surface area contributed by atoms with Gasteiger partial charge in [-0.3, -0.25) is 9.69 Å². The largest absolute Gasteiger partial charge is 0.497 e. The highest BCUT2D eigenvalue weighted by Crippen LogP contribution is 2.40. The van der Waals surface area contributed by atoms with Crippen LogP contribution in [-0.4, -0.2) is 47.2 Å². The first kappa shape index (κ1) is 28.8. The minimum absolute atomic E-state index is 0.0859. The number of anilines is 1. The second-order valence-electron chi connectivity index (χ2n) is 9.58. The maximum absolute atomic E-state index is 15.1. The summed E-state index contributed by atoms with van der Waals surface area (Å²) in [6, 6.07) is 10.7. The molecule has 1 unspecified atom stereocenters. The number of aromatic nitrogens is 2. The average molecular weight is 601 g/mol. The van der Waals surface area contributed by atoms with Gasteiger partial charge in [-0.05, 0) is 30.7 Å². The standard InChI is InChI=1S/C28H24ClF3N6O4/c1-14-34-24-19(25(35-14)41-4)13-38-26(39)22(42-20-10-17(29)9-16(11-33)21(20)30)23(28(2,31)32)36-27(38)37(24)12-15-5-7-18(40-3)8-6-15/h5-10,27,36H,12-13H2,1-4H3. The van der Waals surface area contributed by atoms with Gasteiger partial charge in [0.2, 0.25) is 11.6 Å². The van der Waals surface area contributed by atoms with Gasteiger partial charge in [0.05, 0.1) is 31.9 Å². The zero-order valence-electron chi connectivity index (χ0n) is 22.8. The van der Waals surface area contributed by atoms with Crippen molar-refractivity contribution in [2.24, 2.45) is 0 Å². The summed E-state index contributed by atoms with van der Waals surface area (Å²) >= 11 is 5.99. The number of hydrogen-bond acceptors (Lipinski definition) is 9. The quantitative estimate of drug-likeness (QED) is 0.414. The van der Waals surface area contributed by atoms with E-state index in [4.69, 9.17) is 25.8 Å². The molecular formula is C28H24ClF3N6O4. The molecule has 0 saturated heterocycles. The third-order valence-electron chi connectivity index (χ3n) is 6.69. The lowest BCUT2D eigenvalue weighted by molar-refractivity contribution is -0.136. The Morgan fingerprint density at radius 3 is 2.52 bits per heavy atom. The molecule has 10 nitrogen and oxygen atoms in total. The summed E-state index contributed by atoms with van der Waals surface area (Å²) in [5.74, 6) is -5.71. The minimum Gasteiger partial charge on any atom is -0.497 e. The number of aryl methyl sites for hydroxylation is 1. The van der Waals surface area contributed by atoms with Gasteiger partial charge in [0.15, 0.2) is 17.9 Å². The van der Waals surface area contributed by atoms with Crippen molar-refractivity contribution >= 4 is 23.3 Å². The number of allylic oxidation sites excluding steroid dienone is 1. The monoisotopic (exact) mass is 600 g/mol. The Bertz CT molecular complexity index is 1640. The van der Waals surface area contributed by atoms with E-state index in [0.29, 0.717) is 29.9 Å². The van der Waals surface area contributed by atoms with Gasteiger partial charge >= 0.3 is 0 Å². The first-order valence-corrected chi connectivity index (χ1v) is 12.9. The number of methoxy groups -OCH3 is 2. The molecule has 0 radical (unpaired) electrons. The molecular weight excluding hydrogens is 577 g/mol. The van der Waals surface area contributed by atoms with E-state index < -0.39 is 46.7 Å². The summed E-state index contributed by atoms with van der Waals surface area (Å²) in [7, 11) is 2.95. The highest BCUT2D eigenvalue weighted by Gasteiger charge is 2.49. The minimum atomic E-state index is -3.63. The molecule has 5 rings (SSSR count). The van der Waals surface area contributed by atoms with E-state index in [0.717, 1.165) is 17.7 Å². The molecule has 0 fully saturated rings. The lowest BCUT2D eigenvalue weighted by atomic mass is 10.1. The maximum Gasteiger partial charge on any atom is 0.295 e. The summed E-state index contributed by atoms with van der Waals surface area (Å²) in [5.41, 5.74) is -0.178. The Labute approximate surface area is 243 Å². The van der Waals surface area contributed by atoms with Crippen molar-refractivity contribution < 1.29 is 32.2 Å². The smallest absolute Gasteiger partial charge is 0.295 e. The van der Waals surface area contributed by atoms with E-state index in [1.165, 1.54) is 19.1 Å². The van der Waals surface area contributed by atoms with Gasteiger partial charge in [0.1, 0.15) is 29.2 Å². The number of fused-ring (bicyclic) bond motifs is 2. The van der Waals surface area contributed by atoms with Gasteiger partial charge in [-0.25, -0.2) is 9.37 Å². The van der Waals surface area contributed by atoms with Gasteiger partial charge in [-0.1, -0.05) is 23.7 Å². The third kappa shape index (κ3) is 5.21. The first-order chi connectivity index (χ1) is 19.9. The van der Waals surface area contributed by atoms with Crippen LogP contribution >= 0.6 is 11.6 Å². The predicted octanol–water partition coefficient (Wildman–Crippen LogP) is 4.65. The van der Waals surface area contributed by atoms with Crippen LogP contribution in [0.15, 0.2) is 47.9 Å². The lowest BCUT2D eigenvalue weighted by Gasteiger charge is -2.48. The van der Waals surface area contributed by atoms with Crippen molar-refractivity contribution in [3.63, 3.8) is 0 Å². The lowest BCUT2D eigenvalue weighted by Crippen LogP contribution is -2.65. The van der Waals surface area contributed by atoms with Crippen LogP contribution in [-0.2, 0) is 17.9 Å². The number of halogens is 4. The highest BCUT2D eigenvalue weighted by molar-refractivity contribution is 6.30. The molecule has 1 aromatic heterocycles. The molecule has 42 heavy (non-hydrogen) atoms. The molecule has 0 bridgehead atoms. The third-order valence-corrected chi connectivity index (χ3v) is 6.90. The molecule has 0 aliphatic carbocycles. The number of hydrogen-bond donors (Lipinski definition) is 1. The number of carbonyl (C=O) groups is 1. The Balaban J connectivity index is 1.64. The van der Waals surface area contributed by atoms with Crippen molar-refractivity contribution in [2.45, 2.75) is 39.1 Å². The number of rotatable bonds is 7. The molecule has 1 N–H and O–H groups in total. The number of nitriles is 1. The predicted molar refractivity (Wildman–Crippen MR) is 144 cm³/mol. The molecule has 2 aromatic carbocycles. The van der Waals surface area contributed by atoms with Crippen LogP contribution in [0.25, 0.3) is 0 Å². The van der Waals surface area contributed by atoms with E-state index in [-0.39, 0.29) is 24.0 Å². The summed E-state index contributed by atoms with van der Waals surface area (Å²) < 4.78 is 61.4. The van der Waals surface area contributed by atoms with Gasteiger partial charge in [-0.2, -0.15) is 19.0 Å². The average Bonchev–Trinajstić information content (AvgIpc) is 2.95. The maximum atomic E-state index is 15.1. The van der Waals surface area contributed by atoms with Crippen molar-refractivity contribution in [1.29, 1.82) is 5.26 Å². The van der Waals surface area contributed by atoms with Gasteiger partial charge in [0.25, 0.3) is 11.8 Å². The van der Waals surface area contributed by atoms with Crippen LogP contribution in [0.3, 0.4) is 0 Å².